The van der Waals surface area contributed by atoms with Crippen molar-refractivity contribution in [3.63, 3.8) is 0 Å². The summed E-state index contributed by atoms with van der Waals surface area (Å²) in [5, 5.41) is -0.259. The van der Waals surface area contributed by atoms with Crippen molar-refractivity contribution in [2.75, 3.05) is 10.5 Å². The predicted molar refractivity (Wildman–Crippen MR) is 60.2 cm³/mol. The van der Waals surface area contributed by atoms with Crippen molar-refractivity contribution in [2.45, 2.75) is 5.03 Å². The van der Waals surface area contributed by atoms with Gasteiger partial charge in [0, 0.05) is 6.07 Å². The van der Waals surface area contributed by atoms with Crippen LogP contribution in [0.1, 0.15) is 0 Å². The number of halogens is 2. The molecule has 0 saturated heterocycles. The van der Waals surface area contributed by atoms with E-state index in [9.17, 15) is 17.2 Å². The Hall–Kier alpha value is -2.16. The highest BCUT2D eigenvalue weighted by molar-refractivity contribution is 7.92. The number of nitrogens with one attached hydrogen (secondary N) is 2. The molecule has 0 spiro atoms. The van der Waals surface area contributed by atoms with Gasteiger partial charge < -0.3 is 10.7 Å². The number of benzene rings is 1. The topological polar surface area (TPSA) is 101 Å². The molecule has 0 atom stereocenters. The first-order valence-electron chi connectivity index (χ1n) is 4.66. The molecule has 0 fully saturated rings. The Morgan fingerprint density at radius 3 is 2.61 bits per heavy atom. The monoisotopic (exact) mass is 274 g/mol. The molecule has 2 aromatic rings. The molecule has 18 heavy (non-hydrogen) atoms. The Morgan fingerprint density at radius 1 is 1.33 bits per heavy atom. The maximum absolute atomic E-state index is 13.4. The molecule has 0 aliphatic carbocycles. The lowest BCUT2D eigenvalue weighted by molar-refractivity contribution is 0.583. The summed E-state index contributed by atoms with van der Waals surface area (Å²) in [6.45, 7) is 0. The molecule has 0 saturated carbocycles. The van der Waals surface area contributed by atoms with Crippen molar-refractivity contribution in [3.8, 4) is 0 Å². The SMILES string of the molecule is Nc1cc(F)cc(F)c1NS(=O)(=O)c1cnc[nH]1. The van der Waals surface area contributed by atoms with E-state index < -0.39 is 27.3 Å². The molecule has 1 aromatic heterocycles. The summed E-state index contributed by atoms with van der Waals surface area (Å²) in [7, 11) is -4.04. The van der Waals surface area contributed by atoms with Gasteiger partial charge in [-0.25, -0.2) is 13.8 Å². The van der Waals surface area contributed by atoms with Gasteiger partial charge >= 0.3 is 0 Å². The van der Waals surface area contributed by atoms with Crippen molar-refractivity contribution in [2.24, 2.45) is 0 Å². The van der Waals surface area contributed by atoms with Gasteiger partial charge in [-0.15, -0.1) is 0 Å². The van der Waals surface area contributed by atoms with Gasteiger partial charge in [-0.3, -0.25) is 4.72 Å². The zero-order chi connectivity index (χ0) is 13.3. The van der Waals surface area contributed by atoms with E-state index in [0.29, 0.717) is 6.07 Å². The number of rotatable bonds is 3. The summed E-state index contributed by atoms with van der Waals surface area (Å²) in [5.41, 5.74) is 4.49. The van der Waals surface area contributed by atoms with E-state index in [-0.39, 0.29) is 10.7 Å². The summed E-state index contributed by atoms with van der Waals surface area (Å²) >= 11 is 0. The fraction of sp³-hybridized carbons (Fsp3) is 0. The van der Waals surface area contributed by atoms with Crippen molar-refractivity contribution < 1.29 is 17.2 Å². The Kier molecular flexibility index (Phi) is 2.91. The second-order valence-electron chi connectivity index (χ2n) is 3.37. The highest BCUT2D eigenvalue weighted by Gasteiger charge is 2.20. The molecule has 6 nitrogen and oxygen atoms in total. The maximum Gasteiger partial charge on any atom is 0.279 e. The van der Waals surface area contributed by atoms with E-state index in [0.717, 1.165) is 18.6 Å². The minimum absolute atomic E-state index is 0.259. The standard InChI is InChI=1S/C9H8F2N4O2S/c10-5-1-6(11)9(7(12)2-5)15-18(16,17)8-3-13-4-14-8/h1-4,15H,12H2,(H,13,14). The normalized spacial score (nSPS) is 11.4. The summed E-state index contributed by atoms with van der Waals surface area (Å²) < 4.78 is 51.6. The zero-order valence-corrected chi connectivity index (χ0v) is 9.63. The maximum atomic E-state index is 13.4. The highest BCUT2D eigenvalue weighted by Crippen LogP contribution is 2.26. The smallest absolute Gasteiger partial charge is 0.279 e. The quantitative estimate of drug-likeness (QED) is 0.729. The first-order valence-corrected chi connectivity index (χ1v) is 6.14. The largest absolute Gasteiger partial charge is 0.397 e. The minimum Gasteiger partial charge on any atom is -0.397 e. The van der Waals surface area contributed by atoms with E-state index in [1.807, 2.05) is 4.72 Å². The van der Waals surface area contributed by atoms with Crippen LogP contribution in [0.2, 0.25) is 0 Å². The van der Waals surface area contributed by atoms with Gasteiger partial charge in [0.05, 0.1) is 18.2 Å². The second kappa shape index (κ2) is 4.26. The number of hydrogen-bond donors (Lipinski definition) is 3. The molecule has 0 aliphatic heterocycles. The predicted octanol–water partition coefficient (Wildman–Crippen LogP) is 1.07. The Balaban J connectivity index is 2.42. The number of imidazole rings is 1. The van der Waals surface area contributed by atoms with Crippen molar-refractivity contribution in [3.05, 3.63) is 36.3 Å². The van der Waals surface area contributed by atoms with Crippen LogP contribution in [-0.2, 0) is 10.0 Å². The molecule has 0 radical (unpaired) electrons. The molecular formula is C9H8F2N4O2S. The molecule has 0 unspecified atom stereocenters. The van der Waals surface area contributed by atoms with Crippen LogP contribution in [0.5, 0.6) is 0 Å². The number of sulfonamides is 1. The van der Waals surface area contributed by atoms with Crippen LogP contribution in [0.3, 0.4) is 0 Å². The molecular weight excluding hydrogens is 266 g/mol. The average molecular weight is 274 g/mol. The third-order valence-electron chi connectivity index (χ3n) is 2.08. The molecule has 1 heterocycles. The van der Waals surface area contributed by atoms with Crippen LogP contribution in [0.25, 0.3) is 0 Å². The number of aromatic nitrogens is 2. The fourth-order valence-corrected chi connectivity index (χ4v) is 2.28. The van der Waals surface area contributed by atoms with Crippen molar-refractivity contribution >= 4 is 21.4 Å². The number of nitrogens with zero attached hydrogens (tertiary/aromatic N) is 1. The van der Waals surface area contributed by atoms with E-state index in [1.54, 1.807) is 0 Å². The Labute approximate surface area is 101 Å². The fourth-order valence-electron chi connectivity index (χ4n) is 1.28. The number of aromatic amines is 1. The lowest BCUT2D eigenvalue weighted by Crippen LogP contribution is -2.15. The second-order valence-corrected chi connectivity index (χ2v) is 5.02. The number of hydrogen-bond acceptors (Lipinski definition) is 4. The van der Waals surface area contributed by atoms with Gasteiger partial charge in [0.2, 0.25) is 0 Å². The van der Waals surface area contributed by atoms with E-state index in [1.165, 1.54) is 0 Å². The highest BCUT2D eigenvalue weighted by atomic mass is 32.2. The summed E-state index contributed by atoms with van der Waals surface area (Å²) in [6.07, 6.45) is 2.19. The summed E-state index contributed by atoms with van der Waals surface area (Å²) in [4.78, 5) is 5.88. The number of anilines is 2. The van der Waals surface area contributed by atoms with Crippen LogP contribution in [0.15, 0.2) is 29.7 Å². The number of H-pyrrole nitrogens is 1. The van der Waals surface area contributed by atoms with Crippen LogP contribution in [0.4, 0.5) is 20.2 Å². The minimum atomic E-state index is -4.04. The third-order valence-corrected chi connectivity index (χ3v) is 3.36. The Bertz CT molecular complexity index is 647. The van der Waals surface area contributed by atoms with Gasteiger partial charge in [-0.05, 0) is 6.07 Å². The van der Waals surface area contributed by atoms with E-state index >= 15 is 0 Å². The number of nitrogen functional groups attached to an aromatic ring is 1. The zero-order valence-electron chi connectivity index (χ0n) is 8.81. The van der Waals surface area contributed by atoms with Gasteiger partial charge in [-0.2, -0.15) is 8.42 Å². The van der Waals surface area contributed by atoms with Crippen molar-refractivity contribution in [1.29, 1.82) is 0 Å². The molecule has 9 heteroatoms. The van der Waals surface area contributed by atoms with Crippen LogP contribution >= 0.6 is 0 Å². The summed E-state index contributed by atoms with van der Waals surface area (Å²) in [5.74, 6) is -2.00. The van der Waals surface area contributed by atoms with Crippen LogP contribution < -0.4 is 10.5 Å². The van der Waals surface area contributed by atoms with Gasteiger partial charge in [-0.1, -0.05) is 0 Å². The first-order chi connectivity index (χ1) is 8.40. The third kappa shape index (κ3) is 2.25. The molecule has 96 valence electrons. The molecule has 0 aliphatic rings. The number of nitrogens with two attached hydrogens (primary N) is 1. The van der Waals surface area contributed by atoms with Crippen LogP contribution in [0, 0.1) is 11.6 Å². The molecule has 2 rings (SSSR count). The Morgan fingerprint density at radius 2 is 2.06 bits per heavy atom. The van der Waals surface area contributed by atoms with Gasteiger partial charge in [0.15, 0.2) is 10.8 Å². The first kappa shape index (κ1) is 12.3. The molecule has 0 bridgehead atoms. The summed E-state index contributed by atoms with van der Waals surface area (Å²) in [6, 6.07) is 1.34. The lowest BCUT2D eigenvalue weighted by atomic mass is 10.2. The lowest BCUT2D eigenvalue weighted by Gasteiger charge is -2.10. The van der Waals surface area contributed by atoms with Crippen LogP contribution in [-0.4, -0.2) is 18.4 Å². The molecule has 1 aromatic carbocycles. The van der Waals surface area contributed by atoms with Gasteiger partial charge in [0.1, 0.15) is 11.5 Å². The van der Waals surface area contributed by atoms with Crippen molar-refractivity contribution in [1.82, 2.24) is 9.97 Å². The molecule has 4 N–H and O–H groups in total. The van der Waals surface area contributed by atoms with E-state index in [2.05, 4.69) is 9.97 Å². The average Bonchev–Trinajstić information content (AvgIpc) is 2.77. The van der Waals surface area contributed by atoms with E-state index in [4.69, 9.17) is 5.73 Å². The van der Waals surface area contributed by atoms with Gasteiger partial charge in [0.25, 0.3) is 10.0 Å². The molecule has 0 amide bonds.